The maximum Gasteiger partial charge on any atom is 0.314 e. The molecule has 7 nitrogen and oxygen atoms in total. The molecule has 2 N–H and O–H groups in total. The molecule has 0 spiro atoms. The number of carbonyl (C=O) groups is 2. The van der Waals surface area contributed by atoms with Crippen molar-refractivity contribution in [3.63, 3.8) is 0 Å². The number of fused-ring (bicyclic) bond motifs is 1. The number of benzene rings is 2. The molecule has 0 bridgehead atoms. The van der Waals surface area contributed by atoms with Crippen molar-refractivity contribution in [3.05, 3.63) is 71.1 Å². The first kappa shape index (κ1) is 21.1. The monoisotopic (exact) mass is 455 g/mol. The molecular formula is C22H21N3O4S2. The SMILES string of the molecule is Cc1ccccc1NC(=O)C(=O)Nc1ccc2c(c1)N(S(=O)(=O)c1cccs1)CCC2. The third-order valence-electron chi connectivity index (χ3n) is 5.06. The van der Waals surface area contributed by atoms with Crippen LogP contribution in [0.1, 0.15) is 17.5 Å². The molecule has 2 heterocycles. The van der Waals surface area contributed by atoms with Crippen LogP contribution in [0.4, 0.5) is 17.1 Å². The number of thiophene rings is 1. The Balaban J connectivity index is 1.55. The van der Waals surface area contributed by atoms with E-state index in [2.05, 4.69) is 10.6 Å². The summed E-state index contributed by atoms with van der Waals surface area (Å²) in [6.07, 6.45) is 1.45. The lowest BCUT2D eigenvalue weighted by atomic mass is 10.0. The van der Waals surface area contributed by atoms with Gasteiger partial charge in [0.05, 0.1) is 5.69 Å². The minimum atomic E-state index is -3.68. The Kier molecular flexibility index (Phi) is 5.79. The van der Waals surface area contributed by atoms with E-state index in [1.807, 2.05) is 19.1 Å². The number of aryl methyl sites for hydroxylation is 2. The summed E-state index contributed by atoms with van der Waals surface area (Å²) >= 11 is 1.17. The van der Waals surface area contributed by atoms with Crippen LogP contribution in [0.15, 0.2) is 64.2 Å². The van der Waals surface area contributed by atoms with E-state index in [1.54, 1.807) is 47.8 Å². The summed E-state index contributed by atoms with van der Waals surface area (Å²) in [6, 6.07) is 15.5. The zero-order valence-electron chi connectivity index (χ0n) is 16.8. The average molecular weight is 456 g/mol. The second kappa shape index (κ2) is 8.52. The number of hydrogen-bond acceptors (Lipinski definition) is 5. The van der Waals surface area contributed by atoms with E-state index in [9.17, 15) is 18.0 Å². The lowest BCUT2D eigenvalue weighted by molar-refractivity contribution is -0.133. The fourth-order valence-electron chi connectivity index (χ4n) is 3.47. The number of rotatable bonds is 4. The molecule has 9 heteroatoms. The fourth-order valence-corrected chi connectivity index (χ4v) is 6.10. The number of nitrogens with one attached hydrogen (secondary N) is 2. The third kappa shape index (κ3) is 4.33. The summed E-state index contributed by atoms with van der Waals surface area (Å²) in [7, 11) is -3.68. The van der Waals surface area contributed by atoms with Crippen LogP contribution >= 0.6 is 11.3 Å². The first-order chi connectivity index (χ1) is 14.9. The topological polar surface area (TPSA) is 95.6 Å². The maximum atomic E-state index is 13.1. The molecule has 0 fully saturated rings. The van der Waals surface area contributed by atoms with Crippen molar-refractivity contribution in [1.82, 2.24) is 0 Å². The molecule has 3 aromatic rings. The molecule has 0 unspecified atom stereocenters. The van der Waals surface area contributed by atoms with Crippen LogP contribution in [0.3, 0.4) is 0 Å². The summed E-state index contributed by atoms with van der Waals surface area (Å²) in [4.78, 5) is 24.7. The first-order valence-electron chi connectivity index (χ1n) is 9.73. The van der Waals surface area contributed by atoms with Gasteiger partial charge in [-0.1, -0.05) is 30.3 Å². The lowest BCUT2D eigenvalue weighted by Crippen LogP contribution is -2.35. The molecular weight excluding hydrogens is 434 g/mol. The summed E-state index contributed by atoms with van der Waals surface area (Å²) in [6.45, 7) is 2.19. The van der Waals surface area contributed by atoms with Gasteiger partial charge in [-0.15, -0.1) is 11.3 Å². The second-order valence-electron chi connectivity index (χ2n) is 7.18. The minimum Gasteiger partial charge on any atom is -0.318 e. The molecule has 0 radical (unpaired) electrons. The number of anilines is 3. The zero-order valence-corrected chi connectivity index (χ0v) is 18.4. The molecule has 0 atom stereocenters. The highest BCUT2D eigenvalue weighted by Gasteiger charge is 2.30. The van der Waals surface area contributed by atoms with Crippen LogP contribution in [0, 0.1) is 6.92 Å². The van der Waals surface area contributed by atoms with E-state index in [-0.39, 0.29) is 4.21 Å². The summed E-state index contributed by atoms with van der Waals surface area (Å²) < 4.78 is 27.8. The van der Waals surface area contributed by atoms with E-state index in [4.69, 9.17) is 0 Å². The number of sulfonamides is 1. The maximum absolute atomic E-state index is 13.1. The number of carbonyl (C=O) groups excluding carboxylic acids is 2. The van der Waals surface area contributed by atoms with Gasteiger partial charge in [-0.05, 0) is 60.5 Å². The van der Waals surface area contributed by atoms with Crippen LogP contribution in [0.2, 0.25) is 0 Å². The average Bonchev–Trinajstić information content (AvgIpc) is 3.30. The number of amides is 2. The Bertz CT molecular complexity index is 1240. The van der Waals surface area contributed by atoms with Crippen LogP contribution in [0.5, 0.6) is 0 Å². The molecule has 2 aromatic carbocycles. The molecule has 1 aliphatic rings. The first-order valence-corrected chi connectivity index (χ1v) is 12.1. The summed E-state index contributed by atoms with van der Waals surface area (Å²) in [5, 5.41) is 6.88. The van der Waals surface area contributed by atoms with Gasteiger partial charge in [0.25, 0.3) is 10.0 Å². The third-order valence-corrected chi connectivity index (χ3v) is 8.24. The number of para-hydroxylation sites is 1. The Labute approximate surface area is 184 Å². The van der Waals surface area contributed by atoms with Gasteiger partial charge in [-0.2, -0.15) is 0 Å². The van der Waals surface area contributed by atoms with Crippen LogP contribution in [-0.2, 0) is 26.0 Å². The summed E-state index contributed by atoms with van der Waals surface area (Å²) in [5.41, 5.74) is 3.16. The highest BCUT2D eigenvalue weighted by atomic mass is 32.2. The van der Waals surface area contributed by atoms with E-state index in [0.29, 0.717) is 30.0 Å². The standard InChI is InChI=1S/C22H21N3O4S2/c1-15-6-2-3-8-18(15)24-22(27)21(26)23-17-11-10-16-7-4-12-25(19(16)14-17)31(28,29)20-9-5-13-30-20/h2-3,5-6,8-11,13-14H,4,7,12H2,1H3,(H,23,26)(H,24,27). The van der Waals surface area contributed by atoms with Crippen LogP contribution in [-0.4, -0.2) is 26.8 Å². The Morgan fingerprint density at radius 2 is 1.77 bits per heavy atom. The largest absolute Gasteiger partial charge is 0.318 e. The Morgan fingerprint density at radius 1 is 1.00 bits per heavy atom. The fraction of sp³-hybridized carbons (Fsp3) is 0.182. The Morgan fingerprint density at radius 3 is 2.52 bits per heavy atom. The van der Waals surface area contributed by atoms with Crippen molar-refractivity contribution in [2.45, 2.75) is 24.0 Å². The number of hydrogen-bond donors (Lipinski definition) is 2. The van der Waals surface area contributed by atoms with Crippen molar-refractivity contribution in [1.29, 1.82) is 0 Å². The smallest absolute Gasteiger partial charge is 0.314 e. The van der Waals surface area contributed by atoms with E-state index in [1.165, 1.54) is 15.6 Å². The van der Waals surface area contributed by atoms with Crippen LogP contribution in [0.25, 0.3) is 0 Å². The molecule has 0 saturated heterocycles. The molecule has 31 heavy (non-hydrogen) atoms. The molecule has 1 aliphatic heterocycles. The molecule has 160 valence electrons. The van der Waals surface area contributed by atoms with E-state index < -0.39 is 21.8 Å². The normalized spacial score (nSPS) is 13.4. The molecule has 0 saturated carbocycles. The van der Waals surface area contributed by atoms with Gasteiger partial charge in [-0.25, -0.2) is 8.42 Å². The minimum absolute atomic E-state index is 0.271. The van der Waals surface area contributed by atoms with Crippen molar-refractivity contribution in [2.75, 3.05) is 21.5 Å². The van der Waals surface area contributed by atoms with Gasteiger partial charge in [0.1, 0.15) is 4.21 Å². The predicted octanol–water partition coefficient (Wildman–Crippen LogP) is 3.78. The van der Waals surface area contributed by atoms with Gasteiger partial charge in [0.15, 0.2) is 0 Å². The van der Waals surface area contributed by atoms with Crippen molar-refractivity contribution >= 4 is 50.2 Å². The molecule has 4 rings (SSSR count). The quantitative estimate of drug-likeness (QED) is 0.586. The van der Waals surface area contributed by atoms with Gasteiger partial charge in [0.2, 0.25) is 0 Å². The highest BCUT2D eigenvalue weighted by Crippen LogP contribution is 2.35. The zero-order chi connectivity index (χ0) is 22.0. The predicted molar refractivity (Wildman–Crippen MR) is 122 cm³/mol. The highest BCUT2D eigenvalue weighted by molar-refractivity contribution is 7.94. The van der Waals surface area contributed by atoms with Gasteiger partial charge < -0.3 is 10.6 Å². The van der Waals surface area contributed by atoms with Crippen molar-refractivity contribution < 1.29 is 18.0 Å². The van der Waals surface area contributed by atoms with Gasteiger partial charge >= 0.3 is 11.8 Å². The van der Waals surface area contributed by atoms with Gasteiger partial charge in [-0.3, -0.25) is 13.9 Å². The molecule has 1 aromatic heterocycles. The van der Waals surface area contributed by atoms with Gasteiger partial charge in [0, 0.05) is 17.9 Å². The van der Waals surface area contributed by atoms with Crippen molar-refractivity contribution in [2.24, 2.45) is 0 Å². The van der Waals surface area contributed by atoms with E-state index >= 15 is 0 Å². The molecule has 2 amide bonds. The van der Waals surface area contributed by atoms with Crippen molar-refractivity contribution in [3.8, 4) is 0 Å². The summed E-state index contributed by atoms with van der Waals surface area (Å²) in [5.74, 6) is -1.62. The second-order valence-corrected chi connectivity index (χ2v) is 10.2. The van der Waals surface area contributed by atoms with E-state index in [0.717, 1.165) is 17.5 Å². The lowest BCUT2D eigenvalue weighted by Gasteiger charge is -2.30. The Hall–Kier alpha value is -3.17. The van der Waals surface area contributed by atoms with Crippen LogP contribution < -0.4 is 14.9 Å². The number of nitrogens with zero attached hydrogens (tertiary/aromatic N) is 1. The molecule has 0 aliphatic carbocycles.